The van der Waals surface area contributed by atoms with Gasteiger partial charge in [0.1, 0.15) is 18.4 Å². The lowest BCUT2D eigenvalue weighted by Gasteiger charge is -2.34. The van der Waals surface area contributed by atoms with E-state index in [2.05, 4.69) is 5.32 Å². The number of anilines is 1. The van der Waals surface area contributed by atoms with Gasteiger partial charge in [0.15, 0.2) is 0 Å². The molecule has 0 radical (unpaired) electrons. The van der Waals surface area contributed by atoms with Crippen LogP contribution in [0.4, 0.5) is 23.2 Å². The topological polar surface area (TPSA) is 86.8 Å². The van der Waals surface area contributed by atoms with Crippen LogP contribution in [0.5, 0.6) is 0 Å². The molecule has 1 saturated carbocycles. The van der Waals surface area contributed by atoms with Crippen molar-refractivity contribution >= 4 is 39.1 Å². The Morgan fingerprint density at radius 2 is 1.47 bits per heavy atom. The first-order chi connectivity index (χ1) is 23.3. The van der Waals surface area contributed by atoms with E-state index >= 15 is 0 Å². The number of hydrogen-bond donors (Lipinski definition) is 1. The van der Waals surface area contributed by atoms with Gasteiger partial charge in [0, 0.05) is 19.0 Å². The highest BCUT2D eigenvalue weighted by atomic mass is 35.5. The van der Waals surface area contributed by atoms with Crippen LogP contribution in [0.25, 0.3) is 0 Å². The third kappa shape index (κ3) is 8.98. The fraction of sp³-hybridized carbons (Fsp3) is 0.278. The van der Waals surface area contributed by atoms with Crippen LogP contribution in [-0.4, -0.2) is 43.8 Å². The Balaban J connectivity index is 1.60. The largest absolute Gasteiger partial charge is 0.417 e. The highest BCUT2D eigenvalue weighted by Crippen LogP contribution is 2.38. The molecule has 49 heavy (non-hydrogen) atoms. The molecular formula is C36H34ClF4N3O4S. The maximum absolute atomic E-state index is 14.5. The average Bonchev–Trinajstić information content (AvgIpc) is 3.59. The van der Waals surface area contributed by atoms with E-state index in [1.165, 1.54) is 53.4 Å². The maximum Gasteiger partial charge on any atom is 0.417 e. The van der Waals surface area contributed by atoms with E-state index in [0.29, 0.717) is 21.5 Å². The molecule has 0 aromatic heterocycles. The van der Waals surface area contributed by atoms with Crippen molar-refractivity contribution in [2.45, 2.75) is 61.8 Å². The highest BCUT2D eigenvalue weighted by molar-refractivity contribution is 7.92. The van der Waals surface area contributed by atoms with E-state index in [4.69, 9.17) is 11.6 Å². The molecule has 0 aliphatic heterocycles. The van der Waals surface area contributed by atoms with Crippen LogP contribution in [-0.2, 0) is 38.8 Å². The van der Waals surface area contributed by atoms with Crippen molar-refractivity contribution in [3.05, 3.63) is 131 Å². The minimum absolute atomic E-state index is 0.0525. The lowest BCUT2D eigenvalue weighted by atomic mass is 10.0. The van der Waals surface area contributed by atoms with Crippen molar-refractivity contribution in [1.29, 1.82) is 0 Å². The first kappa shape index (κ1) is 35.9. The van der Waals surface area contributed by atoms with Crippen LogP contribution in [0.15, 0.2) is 108 Å². The summed E-state index contributed by atoms with van der Waals surface area (Å²) >= 11 is 5.86. The van der Waals surface area contributed by atoms with E-state index in [9.17, 15) is 35.6 Å². The second-order valence-electron chi connectivity index (χ2n) is 11.8. The second-order valence-corrected chi connectivity index (χ2v) is 14.1. The van der Waals surface area contributed by atoms with Crippen LogP contribution in [0, 0.1) is 5.82 Å². The van der Waals surface area contributed by atoms with Gasteiger partial charge in [0.05, 0.1) is 21.2 Å². The fourth-order valence-electron chi connectivity index (χ4n) is 5.84. The number of carbonyl (C=O) groups is 2. The zero-order valence-electron chi connectivity index (χ0n) is 26.2. The summed E-state index contributed by atoms with van der Waals surface area (Å²) in [5, 5.41) is 2.39. The van der Waals surface area contributed by atoms with Crippen molar-refractivity contribution in [2.75, 3.05) is 10.8 Å². The monoisotopic (exact) mass is 715 g/mol. The van der Waals surface area contributed by atoms with Crippen molar-refractivity contribution in [2.24, 2.45) is 0 Å². The normalized spacial score (nSPS) is 14.3. The Morgan fingerprint density at radius 3 is 2.08 bits per heavy atom. The summed E-state index contributed by atoms with van der Waals surface area (Å²) in [7, 11) is -4.63. The molecule has 4 aromatic rings. The number of halogens is 5. The fourth-order valence-corrected chi connectivity index (χ4v) is 7.49. The number of rotatable bonds is 12. The van der Waals surface area contributed by atoms with Gasteiger partial charge in [-0.2, -0.15) is 13.2 Å². The predicted octanol–water partition coefficient (Wildman–Crippen LogP) is 7.39. The molecule has 1 N–H and O–H groups in total. The maximum atomic E-state index is 14.5. The zero-order valence-corrected chi connectivity index (χ0v) is 27.8. The molecule has 4 aromatic carbocycles. The van der Waals surface area contributed by atoms with Gasteiger partial charge in [-0.1, -0.05) is 85.1 Å². The third-order valence-corrected chi connectivity index (χ3v) is 10.5. The van der Waals surface area contributed by atoms with Gasteiger partial charge >= 0.3 is 6.18 Å². The van der Waals surface area contributed by atoms with Crippen molar-refractivity contribution in [3.63, 3.8) is 0 Å². The Hall–Kier alpha value is -4.42. The van der Waals surface area contributed by atoms with E-state index in [-0.39, 0.29) is 23.9 Å². The summed E-state index contributed by atoms with van der Waals surface area (Å²) in [4.78, 5) is 29.5. The Labute approximate surface area is 287 Å². The molecule has 258 valence electrons. The first-order valence-electron chi connectivity index (χ1n) is 15.7. The van der Waals surface area contributed by atoms with Crippen molar-refractivity contribution in [1.82, 2.24) is 10.2 Å². The quantitative estimate of drug-likeness (QED) is 0.155. The summed E-state index contributed by atoms with van der Waals surface area (Å²) in [5.41, 5.74) is -0.573. The van der Waals surface area contributed by atoms with E-state index in [0.717, 1.165) is 37.8 Å². The second kappa shape index (κ2) is 15.4. The van der Waals surface area contributed by atoms with Crippen LogP contribution < -0.4 is 9.62 Å². The number of nitrogens with zero attached hydrogens (tertiary/aromatic N) is 2. The molecule has 0 bridgehead atoms. The van der Waals surface area contributed by atoms with E-state index < -0.39 is 62.7 Å². The molecule has 1 fully saturated rings. The predicted molar refractivity (Wildman–Crippen MR) is 179 cm³/mol. The number of alkyl halides is 3. The van der Waals surface area contributed by atoms with Crippen LogP contribution in [0.2, 0.25) is 5.02 Å². The number of hydrogen-bond acceptors (Lipinski definition) is 4. The number of amides is 2. The average molecular weight is 716 g/mol. The molecule has 5 rings (SSSR count). The molecule has 0 unspecified atom stereocenters. The van der Waals surface area contributed by atoms with Gasteiger partial charge < -0.3 is 10.2 Å². The molecule has 1 atom stereocenters. The van der Waals surface area contributed by atoms with Gasteiger partial charge in [0.25, 0.3) is 10.0 Å². The highest BCUT2D eigenvalue weighted by Gasteiger charge is 2.38. The molecule has 1 aliphatic carbocycles. The molecule has 7 nitrogen and oxygen atoms in total. The number of nitrogens with one attached hydrogen (secondary N) is 1. The first-order valence-corrected chi connectivity index (χ1v) is 17.5. The lowest BCUT2D eigenvalue weighted by molar-refractivity contribution is -0.140. The smallest absolute Gasteiger partial charge is 0.352 e. The van der Waals surface area contributed by atoms with Gasteiger partial charge in [-0.25, -0.2) is 12.8 Å². The van der Waals surface area contributed by atoms with Crippen LogP contribution in [0.1, 0.15) is 42.4 Å². The van der Waals surface area contributed by atoms with Crippen LogP contribution >= 0.6 is 11.6 Å². The molecule has 0 heterocycles. The Morgan fingerprint density at radius 1 is 0.857 bits per heavy atom. The molecule has 0 saturated heterocycles. The third-order valence-electron chi connectivity index (χ3n) is 8.39. The van der Waals surface area contributed by atoms with Gasteiger partial charge in [-0.3, -0.25) is 13.9 Å². The van der Waals surface area contributed by atoms with Gasteiger partial charge in [0.2, 0.25) is 11.8 Å². The molecule has 13 heteroatoms. The summed E-state index contributed by atoms with van der Waals surface area (Å²) in [6, 6.07) is 22.5. The van der Waals surface area contributed by atoms with Crippen LogP contribution in [0.3, 0.4) is 0 Å². The molecular weight excluding hydrogens is 682 g/mol. The minimum atomic E-state index is -4.92. The van der Waals surface area contributed by atoms with Gasteiger partial charge in [-0.15, -0.1) is 0 Å². The summed E-state index contributed by atoms with van der Waals surface area (Å²) in [5.74, 6) is -1.85. The standard InChI is InChI=1S/C36H34ClF4N3O4S/c37-32-20-19-29(22-31(32)36(39,40)41)44(49(47,48)30-13-5-2-6-14-30)24-34(45)43(23-26-15-17-27(38)18-16-26)33(21-25-9-3-1-4-10-25)35(46)42-28-11-7-8-12-28/h1-6,9-10,13-20,22,28,33H,7-8,11-12,21,23-24H2,(H,42,46)/t33-/m0/s1. The SMILES string of the molecule is O=C(NC1CCCC1)[C@H](Cc1ccccc1)N(Cc1ccc(F)cc1)C(=O)CN(c1ccc(Cl)c(C(F)(F)F)c1)S(=O)(=O)c1ccccc1. The molecule has 2 amide bonds. The number of benzene rings is 4. The molecule has 0 spiro atoms. The summed E-state index contributed by atoms with van der Waals surface area (Å²) in [6.45, 7) is -1.18. The van der Waals surface area contributed by atoms with Gasteiger partial charge in [-0.05, 0) is 66.4 Å². The number of sulfonamides is 1. The van der Waals surface area contributed by atoms with E-state index in [1.807, 2.05) is 0 Å². The van der Waals surface area contributed by atoms with E-state index in [1.54, 1.807) is 36.4 Å². The van der Waals surface area contributed by atoms with Crippen molar-refractivity contribution in [3.8, 4) is 0 Å². The zero-order chi connectivity index (χ0) is 35.2. The minimum Gasteiger partial charge on any atom is -0.352 e. The summed E-state index contributed by atoms with van der Waals surface area (Å²) < 4.78 is 84.4. The molecule has 1 aliphatic rings. The van der Waals surface area contributed by atoms with Crippen molar-refractivity contribution < 1.29 is 35.6 Å². The lowest BCUT2D eigenvalue weighted by Crippen LogP contribution is -2.54. The summed E-state index contributed by atoms with van der Waals surface area (Å²) in [6.07, 6.45) is -1.49. The Bertz CT molecular complexity index is 1860. The Kier molecular flexibility index (Phi) is 11.3. The number of carbonyl (C=O) groups excluding carboxylic acids is 2.